The molecule has 2 atom stereocenters. The van der Waals surface area contributed by atoms with Crippen molar-refractivity contribution in [2.45, 2.75) is 70.0 Å². The quantitative estimate of drug-likeness (QED) is 0.267. The van der Waals surface area contributed by atoms with Crippen LogP contribution < -0.4 is 15.4 Å². The number of rotatable bonds is 3. The molecule has 1 saturated heterocycles. The second-order valence-corrected chi connectivity index (χ2v) is 13.5. The molecule has 2 aliphatic heterocycles. The fourth-order valence-corrected chi connectivity index (χ4v) is 6.51. The van der Waals surface area contributed by atoms with Crippen LogP contribution in [0.3, 0.4) is 0 Å². The molecule has 2 amide bonds. The molecule has 224 valence electrons. The van der Waals surface area contributed by atoms with Crippen LogP contribution in [-0.4, -0.2) is 75.5 Å². The molecule has 3 aromatic rings. The van der Waals surface area contributed by atoms with E-state index in [2.05, 4.69) is 9.97 Å². The van der Waals surface area contributed by atoms with Gasteiger partial charge in [0.15, 0.2) is 5.65 Å². The molecule has 0 N–H and O–H groups in total. The van der Waals surface area contributed by atoms with Gasteiger partial charge in [-0.05, 0) is 52.0 Å². The van der Waals surface area contributed by atoms with Crippen LogP contribution in [0.5, 0.6) is 0 Å². The molecule has 3 aromatic heterocycles. The van der Waals surface area contributed by atoms with E-state index in [4.69, 9.17) is 27.9 Å². The van der Waals surface area contributed by atoms with Gasteiger partial charge in [0, 0.05) is 36.1 Å². The van der Waals surface area contributed by atoms with Gasteiger partial charge in [-0.1, -0.05) is 37.0 Å². The Morgan fingerprint density at radius 2 is 1.83 bits per heavy atom. The maximum Gasteiger partial charge on any atom is 0.410 e. The van der Waals surface area contributed by atoms with Crippen LogP contribution in [-0.2, 0) is 9.53 Å². The number of amides is 2. The maximum absolute atomic E-state index is 14.6. The van der Waals surface area contributed by atoms with Gasteiger partial charge in [0.1, 0.15) is 22.5 Å². The molecule has 0 saturated carbocycles. The van der Waals surface area contributed by atoms with Crippen molar-refractivity contribution >= 4 is 69.4 Å². The third-order valence-corrected chi connectivity index (χ3v) is 8.96. The number of nitrogens with zero attached hydrogens (tertiary/aromatic N) is 6. The van der Waals surface area contributed by atoms with E-state index < -0.39 is 23.3 Å². The molecule has 0 aromatic carbocycles. The number of carbonyl (C=O) groups excluding carboxylic acids is 2. The fourth-order valence-electron chi connectivity index (χ4n) is 5.64. The summed E-state index contributed by atoms with van der Waals surface area (Å²) in [6, 6.07) is 2.48. The Balaban J connectivity index is 1.80. The molecule has 0 bridgehead atoms. The number of hydrogen-bond acceptors (Lipinski definition) is 8. The zero-order chi connectivity index (χ0) is 30.8. The number of fused-ring (bicyclic) bond motifs is 5. The molecule has 0 unspecified atom stereocenters. The number of pyridine rings is 3. The Kier molecular flexibility index (Phi) is 7.91. The SMILES string of the molecule is CSc1ccnc(C(C)C)c1-n1c(=O)c2c(c3cc(Cl)c(Cl)nc31)N1C[C@@H](C)N(C(=O)OC(C)(C)C)C[C@@H]1C(=O)N2C. The minimum Gasteiger partial charge on any atom is -0.444 e. The van der Waals surface area contributed by atoms with Crippen molar-refractivity contribution in [3.63, 3.8) is 0 Å². The highest BCUT2D eigenvalue weighted by molar-refractivity contribution is 7.98. The lowest BCUT2D eigenvalue weighted by Gasteiger charge is -2.49. The minimum absolute atomic E-state index is 0.0154. The van der Waals surface area contributed by atoms with Crippen LogP contribution in [0.1, 0.15) is 53.2 Å². The van der Waals surface area contributed by atoms with Crippen LogP contribution in [0.2, 0.25) is 10.2 Å². The van der Waals surface area contributed by atoms with E-state index in [1.165, 1.54) is 21.2 Å². The molecular formula is C29H34Cl2N6O4S. The molecule has 42 heavy (non-hydrogen) atoms. The number of piperazine rings is 1. The number of anilines is 2. The monoisotopic (exact) mass is 632 g/mol. The standard InChI is InChI=1S/C29H34Cl2N6O4S/c1-14(2)20-22(19(42-8)9-10-32-20)37-25-16(11-17(30)24(31)33-25)21-23(27(37)39)34(7)26(38)18-13-35(15(3)12-36(18)21)28(40)41-29(4,5)6/h9-11,14-15,18H,12-13H2,1-8H3/t15-,18-/m1/s1. The number of carbonyl (C=O) groups is 2. The van der Waals surface area contributed by atoms with Gasteiger partial charge >= 0.3 is 6.09 Å². The summed E-state index contributed by atoms with van der Waals surface area (Å²) < 4.78 is 7.14. The number of halogens is 2. The van der Waals surface area contributed by atoms with E-state index in [-0.39, 0.29) is 46.8 Å². The third-order valence-electron chi connectivity index (χ3n) is 7.52. The van der Waals surface area contributed by atoms with Crippen LogP contribution in [0, 0.1) is 0 Å². The molecule has 1 fully saturated rings. The molecule has 0 spiro atoms. The number of likely N-dealkylation sites (N-methyl/N-ethyl adjacent to an activating group) is 1. The second kappa shape index (κ2) is 10.9. The molecular weight excluding hydrogens is 599 g/mol. The first kappa shape index (κ1) is 30.4. The first-order valence-electron chi connectivity index (χ1n) is 13.7. The lowest BCUT2D eigenvalue weighted by Crippen LogP contribution is -2.66. The van der Waals surface area contributed by atoms with Crippen LogP contribution in [0.4, 0.5) is 16.2 Å². The summed E-state index contributed by atoms with van der Waals surface area (Å²) >= 11 is 14.5. The summed E-state index contributed by atoms with van der Waals surface area (Å²) in [6.45, 7) is 11.7. The number of hydrogen-bond donors (Lipinski definition) is 0. The van der Waals surface area contributed by atoms with Crippen molar-refractivity contribution in [1.29, 1.82) is 0 Å². The third kappa shape index (κ3) is 4.99. The second-order valence-electron chi connectivity index (χ2n) is 11.9. The van der Waals surface area contributed by atoms with Gasteiger partial charge in [-0.3, -0.25) is 19.1 Å². The summed E-state index contributed by atoms with van der Waals surface area (Å²) in [5.41, 5.74) is 1.23. The van der Waals surface area contributed by atoms with Crippen molar-refractivity contribution in [2.24, 2.45) is 0 Å². The highest BCUT2D eigenvalue weighted by Gasteiger charge is 2.47. The summed E-state index contributed by atoms with van der Waals surface area (Å²) in [4.78, 5) is 56.5. The summed E-state index contributed by atoms with van der Waals surface area (Å²) in [6.07, 6.45) is 3.16. The van der Waals surface area contributed by atoms with Crippen molar-refractivity contribution in [3.05, 3.63) is 44.6 Å². The summed E-state index contributed by atoms with van der Waals surface area (Å²) in [5, 5.41) is 0.832. The van der Waals surface area contributed by atoms with Gasteiger partial charge in [-0.2, -0.15) is 0 Å². The van der Waals surface area contributed by atoms with Gasteiger partial charge in [0.2, 0.25) is 0 Å². The lowest BCUT2D eigenvalue weighted by atomic mass is 9.99. The van der Waals surface area contributed by atoms with E-state index in [0.717, 1.165) is 4.90 Å². The highest BCUT2D eigenvalue weighted by atomic mass is 35.5. The Labute approximate surface area is 258 Å². The maximum atomic E-state index is 14.6. The zero-order valence-electron chi connectivity index (χ0n) is 24.9. The average Bonchev–Trinajstić information content (AvgIpc) is 2.90. The Hall–Kier alpha value is -3.02. The zero-order valence-corrected chi connectivity index (χ0v) is 27.2. The predicted molar refractivity (Wildman–Crippen MR) is 168 cm³/mol. The highest BCUT2D eigenvalue weighted by Crippen LogP contribution is 2.43. The smallest absolute Gasteiger partial charge is 0.410 e. The van der Waals surface area contributed by atoms with E-state index in [1.54, 1.807) is 45.0 Å². The molecule has 2 aliphatic rings. The van der Waals surface area contributed by atoms with Crippen LogP contribution in [0.15, 0.2) is 28.0 Å². The minimum atomic E-state index is -0.745. The van der Waals surface area contributed by atoms with Gasteiger partial charge in [0.05, 0.1) is 28.6 Å². The first-order chi connectivity index (χ1) is 19.7. The Morgan fingerprint density at radius 1 is 1.14 bits per heavy atom. The van der Waals surface area contributed by atoms with Gasteiger partial charge < -0.3 is 19.4 Å². The average molecular weight is 634 g/mol. The van der Waals surface area contributed by atoms with E-state index in [1.807, 2.05) is 38.0 Å². The molecule has 0 aliphatic carbocycles. The number of thioether (sulfide) groups is 1. The molecule has 10 nitrogen and oxygen atoms in total. The molecule has 5 heterocycles. The first-order valence-corrected chi connectivity index (χ1v) is 15.7. The van der Waals surface area contributed by atoms with Crippen molar-refractivity contribution in [3.8, 4) is 5.69 Å². The Bertz CT molecular complexity index is 1670. The van der Waals surface area contributed by atoms with Gasteiger partial charge in [0.25, 0.3) is 11.5 Å². The van der Waals surface area contributed by atoms with Crippen LogP contribution >= 0.6 is 35.0 Å². The molecule has 13 heteroatoms. The lowest BCUT2D eigenvalue weighted by molar-refractivity contribution is -0.121. The fraction of sp³-hybridized carbons (Fsp3) is 0.483. The van der Waals surface area contributed by atoms with Crippen molar-refractivity contribution in [1.82, 2.24) is 19.4 Å². The summed E-state index contributed by atoms with van der Waals surface area (Å²) in [7, 11) is 1.58. The number of aromatic nitrogens is 3. The van der Waals surface area contributed by atoms with Gasteiger partial charge in [-0.25, -0.2) is 9.78 Å². The van der Waals surface area contributed by atoms with Crippen molar-refractivity contribution in [2.75, 3.05) is 36.2 Å². The van der Waals surface area contributed by atoms with E-state index >= 15 is 0 Å². The summed E-state index contributed by atoms with van der Waals surface area (Å²) in [5.74, 6) is -0.322. The van der Waals surface area contributed by atoms with E-state index in [9.17, 15) is 14.4 Å². The predicted octanol–water partition coefficient (Wildman–Crippen LogP) is 5.72. The van der Waals surface area contributed by atoms with E-state index in [0.29, 0.717) is 28.1 Å². The normalized spacial score (nSPS) is 18.9. The molecule has 0 radical (unpaired) electrons. The number of ether oxygens (including phenoxy) is 1. The topological polar surface area (TPSA) is 101 Å². The van der Waals surface area contributed by atoms with Crippen LogP contribution in [0.25, 0.3) is 16.7 Å². The van der Waals surface area contributed by atoms with Crippen molar-refractivity contribution < 1.29 is 14.3 Å². The largest absolute Gasteiger partial charge is 0.444 e. The Morgan fingerprint density at radius 3 is 2.45 bits per heavy atom. The molecule has 5 rings (SSSR count). The van der Waals surface area contributed by atoms with Gasteiger partial charge in [-0.15, -0.1) is 11.8 Å².